The molecule has 1 aliphatic rings. The molecule has 0 fully saturated rings. The number of fused-ring (bicyclic) bond motifs is 1. The van der Waals surface area contributed by atoms with Gasteiger partial charge in [0.15, 0.2) is 0 Å². The van der Waals surface area contributed by atoms with E-state index in [2.05, 4.69) is 13.0 Å². The Hall–Kier alpha value is -1.46. The Morgan fingerprint density at radius 1 is 1.26 bits per heavy atom. The average Bonchev–Trinajstić information content (AvgIpc) is 2.72. The Labute approximate surface area is 144 Å². The summed E-state index contributed by atoms with van der Waals surface area (Å²) < 4.78 is 12.9. The molecule has 0 radical (unpaired) electrons. The first-order valence-corrected chi connectivity index (χ1v) is 9.44. The van der Waals surface area contributed by atoms with E-state index in [1.165, 1.54) is 23.9 Å². The largest absolute Gasteiger partial charge is 0.311 e. The van der Waals surface area contributed by atoms with Crippen LogP contribution in [0.4, 0.5) is 10.1 Å². The van der Waals surface area contributed by atoms with Crippen molar-refractivity contribution in [3.63, 3.8) is 0 Å². The molecule has 0 bridgehead atoms. The van der Waals surface area contributed by atoms with Gasteiger partial charge in [-0.25, -0.2) is 4.39 Å². The molecule has 2 aromatic carbocycles. The zero-order valence-corrected chi connectivity index (χ0v) is 14.5. The molecule has 1 atom stereocenters. The van der Waals surface area contributed by atoms with Crippen LogP contribution in [0.2, 0.25) is 0 Å². The van der Waals surface area contributed by atoms with Crippen molar-refractivity contribution in [2.24, 2.45) is 0 Å². The summed E-state index contributed by atoms with van der Waals surface area (Å²) in [4.78, 5) is 16.6. The van der Waals surface area contributed by atoms with Crippen molar-refractivity contribution in [2.75, 3.05) is 17.2 Å². The number of carbonyl (C=O) groups is 1. The molecule has 23 heavy (non-hydrogen) atoms. The monoisotopic (exact) mass is 347 g/mol. The number of hydrogen-bond donors (Lipinski definition) is 0. The van der Waals surface area contributed by atoms with Crippen LogP contribution in [0.25, 0.3) is 0 Å². The molecule has 1 aliphatic heterocycles. The number of para-hydroxylation sites is 1. The van der Waals surface area contributed by atoms with Gasteiger partial charge >= 0.3 is 0 Å². The summed E-state index contributed by atoms with van der Waals surface area (Å²) in [5.74, 6) is 0.202. The first-order chi connectivity index (χ1) is 11.1. The van der Waals surface area contributed by atoms with Gasteiger partial charge < -0.3 is 4.90 Å². The average molecular weight is 347 g/mol. The van der Waals surface area contributed by atoms with Crippen LogP contribution in [0.3, 0.4) is 0 Å². The SMILES string of the molecule is C[C@@H]1CCN(C(=O)CSc2ccc(F)cc2)c2ccccc2S1. The number of amides is 1. The van der Waals surface area contributed by atoms with Gasteiger partial charge in [0.2, 0.25) is 5.91 Å². The molecule has 2 aromatic rings. The summed E-state index contributed by atoms with van der Waals surface area (Å²) in [6, 6.07) is 14.3. The van der Waals surface area contributed by atoms with Gasteiger partial charge in [-0.2, -0.15) is 0 Å². The molecule has 5 heteroatoms. The van der Waals surface area contributed by atoms with Crippen molar-refractivity contribution >= 4 is 35.1 Å². The summed E-state index contributed by atoms with van der Waals surface area (Å²) in [5.41, 5.74) is 1.01. The van der Waals surface area contributed by atoms with Gasteiger partial charge in [0.05, 0.1) is 11.4 Å². The van der Waals surface area contributed by atoms with Gasteiger partial charge in [-0.1, -0.05) is 19.1 Å². The quantitative estimate of drug-likeness (QED) is 0.741. The smallest absolute Gasteiger partial charge is 0.237 e. The van der Waals surface area contributed by atoms with Crippen molar-refractivity contribution in [1.82, 2.24) is 0 Å². The first kappa shape index (κ1) is 16.4. The third-order valence-electron chi connectivity index (χ3n) is 3.72. The van der Waals surface area contributed by atoms with Crippen molar-refractivity contribution < 1.29 is 9.18 Å². The highest BCUT2D eigenvalue weighted by molar-refractivity contribution is 8.00. The topological polar surface area (TPSA) is 20.3 Å². The maximum atomic E-state index is 12.9. The first-order valence-electron chi connectivity index (χ1n) is 7.58. The molecule has 0 unspecified atom stereocenters. The second kappa shape index (κ2) is 7.41. The van der Waals surface area contributed by atoms with E-state index < -0.39 is 0 Å². The molecule has 0 aliphatic carbocycles. The van der Waals surface area contributed by atoms with Crippen LogP contribution >= 0.6 is 23.5 Å². The summed E-state index contributed by atoms with van der Waals surface area (Å²) in [5, 5.41) is 0.499. The van der Waals surface area contributed by atoms with E-state index in [1.807, 2.05) is 34.9 Å². The maximum absolute atomic E-state index is 12.9. The Balaban J connectivity index is 1.72. The fourth-order valence-corrected chi connectivity index (χ4v) is 4.39. The summed E-state index contributed by atoms with van der Waals surface area (Å²) >= 11 is 3.28. The molecule has 1 heterocycles. The minimum atomic E-state index is -0.256. The van der Waals surface area contributed by atoms with Crippen molar-refractivity contribution in [3.8, 4) is 0 Å². The zero-order chi connectivity index (χ0) is 16.2. The summed E-state index contributed by atoms with van der Waals surface area (Å²) in [7, 11) is 0. The molecule has 0 aromatic heterocycles. The van der Waals surface area contributed by atoms with Crippen LogP contribution in [0.1, 0.15) is 13.3 Å². The fourth-order valence-electron chi connectivity index (χ4n) is 2.50. The number of halogens is 1. The van der Waals surface area contributed by atoms with Gasteiger partial charge in [0, 0.05) is 21.6 Å². The van der Waals surface area contributed by atoms with E-state index in [0.717, 1.165) is 28.4 Å². The molecule has 1 amide bonds. The van der Waals surface area contributed by atoms with E-state index >= 15 is 0 Å². The molecule has 0 saturated carbocycles. The molecule has 0 N–H and O–H groups in total. The van der Waals surface area contributed by atoms with Crippen molar-refractivity contribution in [2.45, 2.75) is 28.4 Å². The maximum Gasteiger partial charge on any atom is 0.237 e. The number of hydrogen-bond acceptors (Lipinski definition) is 3. The van der Waals surface area contributed by atoms with E-state index in [4.69, 9.17) is 0 Å². The summed E-state index contributed by atoms with van der Waals surface area (Å²) in [6.07, 6.45) is 0.978. The molecular weight excluding hydrogens is 329 g/mol. The van der Waals surface area contributed by atoms with Crippen LogP contribution in [0, 0.1) is 5.82 Å². The Morgan fingerprint density at radius 2 is 2.00 bits per heavy atom. The third-order valence-corrected chi connectivity index (χ3v) is 5.95. The number of rotatable bonds is 3. The number of benzene rings is 2. The van der Waals surface area contributed by atoms with E-state index in [9.17, 15) is 9.18 Å². The fraction of sp³-hybridized carbons (Fsp3) is 0.278. The van der Waals surface area contributed by atoms with E-state index in [-0.39, 0.29) is 11.7 Å². The highest BCUT2D eigenvalue weighted by atomic mass is 32.2. The van der Waals surface area contributed by atoms with Crippen molar-refractivity contribution in [3.05, 3.63) is 54.3 Å². The van der Waals surface area contributed by atoms with E-state index in [1.54, 1.807) is 12.1 Å². The highest BCUT2D eigenvalue weighted by Gasteiger charge is 2.23. The standard InChI is InChI=1S/C18H18FNOS2/c1-13-10-11-20(16-4-2-3-5-17(16)23-13)18(21)12-22-15-8-6-14(19)7-9-15/h2-9,13H,10-12H2,1H3/t13-/m1/s1. The second-order valence-corrected chi connectivity index (χ2v) is 8.00. The molecule has 0 saturated heterocycles. The number of nitrogens with zero attached hydrogens (tertiary/aromatic N) is 1. The van der Waals surface area contributed by atoms with E-state index in [0.29, 0.717) is 11.0 Å². The van der Waals surface area contributed by atoms with Gasteiger partial charge in [-0.15, -0.1) is 23.5 Å². The lowest BCUT2D eigenvalue weighted by Gasteiger charge is -2.22. The van der Waals surface area contributed by atoms with Crippen LogP contribution in [0.15, 0.2) is 58.3 Å². The van der Waals surface area contributed by atoms with Gasteiger partial charge in [-0.05, 0) is 42.8 Å². The van der Waals surface area contributed by atoms with Crippen LogP contribution < -0.4 is 4.90 Å². The van der Waals surface area contributed by atoms with Crippen LogP contribution in [-0.2, 0) is 4.79 Å². The van der Waals surface area contributed by atoms with Gasteiger partial charge in [0.25, 0.3) is 0 Å². The lowest BCUT2D eigenvalue weighted by atomic mass is 10.2. The second-order valence-electron chi connectivity index (χ2n) is 5.47. The molecule has 2 nitrogen and oxygen atoms in total. The third kappa shape index (κ3) is 4.09. The minimum absolute atomic E-state index is 0.0986. The predicted molar refractivity (Wildman–Crippen MR) is 95.9 cm³/mol. The Morgan fingerprint density at radius 3 is 2.78 bits per heavy atom. The van der Waals surface area contributed by atoms with Crippen molar-refractivity contribution in [1.29, 1.82) is 0 Å². The molecule has 0 spiro atoms. The highest BCUT2D eigenvalue weighted by Crippen LogP contribution is 2.37. The lowest BCUT2D eigenvalue weighted by Crippen LogP contribution is -2.33. The summed E-state index contributed by atoms with van der Waals surface area (Å²) in [6.45, 7) is 2.94. The molecular formula is C18H18FNOS2. The number of anilines is 1. The Bertz CT molecular complexity index is 690. The Kier molecular flexibility index (Phi) is 5.28. The van der Waals surface area contributed by atoms with Crippen LogP contribution in [-0.4, -0.2) is 23.5 Å². The molecule has 120 valence electrons. The lowest BCUT2D eigenvalue weighted by molar-refractivity contribution is -0.116. The number of carbonyl (C=O) groups excluding carboxylic acids is 1. The number of thioether (sulfide) groups is 2. The van der Waals surface area contributed by atoms with Gasteiger partial charge in [0.1, 0.15) is 5.82 Å². The normalized spacial score (nSPS) is 17.5. The molecule has 3 rings (SSSR count). The predicted octanol–water partition coefficient (Wildman–Crippen LogP) is 4.84. The minimum Gasteiger partial charge on any atom is -0.311 e. The van der Waals surface area contributed by atoms with Gasteiger partial charge in [-0.3, -0.25) is 4.79 Å². The van der Waals surface area contributed by atoms with Crippen LogP contribution in [0.5, 0.6) is 0 Å². The zero-order valence-electron chi connectivity index (χ0n) is 12.9.